The van der Waals surface area contributed by atoms with Crippen LogP contribution in [-0.4, -0.2) is 17.7 Å². The van der Waals surface area contributed by atoms with E-state index in [9.17, 15) is 4.79 Å². The predicted molar refractivity (Wildman–Crippen MR) is 49.8 cm³/mol. The molecule has 0 atom stereocenters. The molecule has 0 saturated carbocycles. The van der Waals surface area contributed by atoms with Crippen molar-refractivity contribution in [2.45, 2.75) is 13.3 Å². The zero-order valence-corrected chi connectivity index (χ0v) is 11.6. The SMILES string of the molecule is CCCOC(=O)c1ccc(O)cc1.[H-].[K+]. The molecular formula is C10H13KO3. The second kappa shape index (κ2) is 7.42. The number of phenolic OH excluding ortho intramolecular Hbond substituents is 1. The van der Waals surface area contributed by atoms with Gasteiger partial charge in [0.15, 0.2) is 0 Å². The van der Waals surface area contributed by atoms with Crippen LogP contribution in [-0.2, 0) is 4.74 Å². The minimum absolute atomic E-state index is 0. The standard InChI is InChI=1S/C10H12O3.K.H/c1-2-7-13-10(12)8-3-5-9(11)6-4-8;;/h3-6,11H,2,7H2,1H3;;/q;+1;-1. The first-order valence-corrected chi connectivity index (χ1v) is 4.20. The molecule has 14 heavy (non-hydrogen) atoms. The molecule has 0 amide bonds. The van der Waals surface area contributed by atoms with Crippen molar-refractivity contribution >= 4 is 5.97 Å². The number of rotatable bonds is 3. The van der Waals surface area contributed by atoms with Gasteiger partial charge in [0.25, 0.3) is 0 Å². The molecule has 0 radical (unpaired) electrons. The van der Waals surface area contributed by atoms with Gasteiger partial charge in [0.05, 0.1) is 12.2 Å². The van der Waals surface area contributed by atoms with E-state index in [-0.39, 0.29) is 64.5 Å². The average molecular weight is 220 g/mol. The van der Waals surface area contributed by atoms with E-state index in [1.165, 1.54) is 24.3 Å². The number of carbonyl (C=O) groups is 1. The number of benzene rings is 1. The summed E-state index contributed by atoms with van der Waals surface area (Å²) in [5.41, 5.74) is 0.464. The smallest absolute Gasteiger partial charge is 1.00 e. The quantitative estimate of drug-likeness (QED) is 0.529. The number of carbonyl (C=O) groups excluding carboxylic acids is 1. The molecule has 0 unspecified atom stereocenters. The van der Waals surface area contributed by atoms with E-state index in [4.69, 9.17) is 9.84 Å². The van der Waals surface area contributed by atoms with E-state index in [0.29, 0.717) is 12.2 Å². The Labute approximate surface area is 127 Å². The zero-order valence-electron chi connectivity index (χ0n) is 9.49. The predicted octanol–water partition coefficient (Wildman–Crippen LogP) is -0.924. The maximum absolute atomic E-state index is 11.2. The van der Waals surface area contributed by atoms with E-state index in [1.807, 2.05) is 6.92 Å². The van der Waals surface area contributed by atoms with Gasteiger partial charge < -0.3 is 11.3 Å². The fraction of sp³-hybridized carbons (Fsp3) is 0.300. The Balaban J connectivity index is 0. The fourth-order valence-corrected chi connectivity index (χ4v) is 0.876. The Kier molecular flexibility index (Phi) is 7.49. The largest absolute Gasteiger partial charge is 1.00 e. The van der Waals surface area contributed by atoms with Gasteiger partial charge in [-0.2, -0.15) is 0 Å². The number of esters is 1. The minimum atomic E-state index is -0.346. The third-order valence-corrected chi connectivity index (χ3v) is 1.54. The van der Waals surface area contributed by atoms with E-state index in [2.05, 4.69) is 0 Å². The first kappa shape index (κ1) is 14.1. The van der Waals surface area contributed by atoms with Gasteiger partial charge in [-0.15, -0.1) is 0 Å². The molecule has 72 valence electrons. The van der Waals surface area contributed by atoms with Crippen LogP contribution in [0, 0.1) is 0 Å². The van der Waals surface area contributed by atoms with Crippen molar-refractivity contribution < 1.29 is 67.4 Å². The zero-order chi connectivity index (χ0) is 9.68. The van der Waals surface area contributed by atoms with Gasteiger partial charge in [0, 0.05) is 0 Å². The van der Waals surface area contributed by atoms with Gasteiger partial charge in [-0.25, -0.2) is 4.79 Å². The van der Waals surface area contributed by atoms with E-state index in [0.717, 1.165) is 6.42 Å². The maximum Gasteiger partial charge on any atom is 1.00 e. The first-order valence-electron chi connectivity index (χ1n) is 4.20. The molecule has 1 aromatic rings. The molecule has 3 nitrogen and oxygen atoms in total. The van der Waals surface area contributed by atoms with Crippen LogP contribution in [0.15, 0.2) is 24.3 Å². The molecule has 0 aromatic heterocycles. The Morgan fingerprint density at radius 1 is 1.43 bits per heavy atom. The number of hydrogen-bond donors (Lipinski definition) is 1. The molecule has 1 N–H and O–H groups in total. The fourth-order valence-electron chi connectivity index (χ4n) is 0.876. The van der Waals surface area contributed by atoms with Gasteiger partial charge >= 0.3 is 57.4 Å². The van der Waals surface area contributed by atoms with Crippen LogP contribution in [0.3, 0.4) is 0 Å². The van der Waals surface area contributed by atoms with Crippen molar-refractivity contribution in [3.8, 4) is 5.75 Å². The van der Waals surface area contributed by atoms with Crippen LogP contribution in [0.1, 0.15) is 25.1 Å². The van der Waals surface area contributed by atoms with Crippen LogP contribution in [0.2, 0.25) is 0 Å². The first-order chi connectivity index (χ1) is 6.24. The van der Waals surface area contributed by atoms with Crippen molar-refractivity contribution in [2.24, 2.45) is 0 Å². The number of hydrogen-bond acceptors (Lipinski definition) is 3. The third kappa shape index (κ3) is 4.57. The molecule has 0 aliphatic carbocycles. The summed E-state index contributed by atoms with van der Waals surface area (Å²) >= 11 is 0. The number of ether oxygens (including phenoxy) is 1. The molecule has 4 heteroatoms. The monoisotopic (exact) mass is 220 g/mol. The van der Waals surface area contributed by atoms with Crippen LogP contribution < -0.4 is 51.4 Å². The molecule has 0 aliphatic rings. The summed E-state index contributed by atoms with van der Waals surface area (Å²) in [5.74, 6) is -0.200. The number of phenols is 1. The van der Waals surface area contributed by atoms with E-state index in [1.54, 1.807) is 0 Å². The Hall–Kier alpha value is 0.126. The molecule has 1 aromatic carbocycles. The molecule has 0 bridgehead atoms. The summed E-state index contributed by atoms with van der Waals surface area (Å²) in [6, 6.07) is 5.99. The van der Waals surface area contributed by atoms with Crippen LogP contribution in [0.25, 0.3) is 0 Å². The summed E-state index contributed by atoms with van der Waals surface area (Å²) in [6.45, 7) is 2.36. The van der Waals surface area contributed by atoms with E-state index < -0.39 is 0 Å². The molecule has 0 spiro atoms. The summed E-state index contributed by atoms with van der Waals surface area (Å²) in [6.07, 6.45) is 0.809. The molecule has 0 saturated heterocycles. The van der Waals surface area contributed by atoms with Crippen molar-refractivity contribution in [2.75, 3.05) is 6.61 Å². The van der Waals surface area contributed by atoms with Gasteiger partial charge in [0.2, 0.25) is 0 Å². The van der Waals surface area contributed by atoms with Crippen molar-refractivity contribution in [3.63, 3.8) is 0 Å². The van der Waals surface area contributed by atoms with Crippen molar-refractivity contribution in [1.82, 2.24) is 0 Å². The van der Waals surface area contributed by atoms with Gasteiger partial charge in [-0.05, 0) is 30.7 Å². The van der Waals surface area contributed by atoms with Crippen LogP contribution >= 0.6 is 0 Å². The molecule has 0 heterocycles. The third-order valence-electron chi connectivity index (χ3n) is 1.54. The van der Waals surface area contributed by atoms with Crippen molar-refractivity contribution in [1.29, 1.82) is 0 Å². The van der Waals surface area contributed by atoms with Crippen LogP contribution in [0.4, 0.5) is 0 Å². The van der Waals surface area contributed by atoms with Gasteiger partial charge in [-0.3, -0.25) is 0 Å². The summed E-state index contributed by atoms with van der Waals surface area (Å²) in [7, 11) is 0. The Morgan fingerprint density at radius 3 is 2.50 bits per heavy atom. The summed E-state index contributed by atoms with van der Waals surface area (Å²) in [5, 5.41) is 8.96. The Bertz CT molecular complexity index is 287. The summed E-state index contributed by atoms with van der Waals surface area (Å²) < 4.78 is 4.90. The molecule has 0 aliphatic heterocycles. The van der Waals surface area contributed by atoms with Gasteiger partial charge in [-0.1, -0.05) is 6.92 Å². The minimum Gasteiger partial charge on any atom is -1.00 e. The summed E-state index contributed by atoms with van der Waals surface area (Å²) in [4.78, 5) is 11.2. The topological polar surface area (TPSA) is 46.5 Å². The average Bonchev–Trinajstić information content (AvgIpc) is 2.15. The Morgan fingerprint density at radius 2 is 2.00 bits per heavy atom. The molecule has 1 rings (SSSR count). The van der Waals surface area contributed by atoms with Crippen molar-refractivity contribution in [3.05, 3.63) is 29.8 Å². The van der Waals surface area contributed by atoms with Crippen LogP contribution in [0.5, 0.6) is 5.75 Å². The van der Waals surface area contributed by atoms with Gasteiger partial charge in [0.1, 0.15) is 5.75 Å². The molecule has 0 fully saturated rings. The maximum atomic E-state index is 11.2. The number of aromatic hydroxyl groups is 1. The second-order valence-corrected chi connectivity index (χ2v) is 2.68. The molecular weight excluding hydrogens is 207 g/mol. The second-order valence-electron chi connectivity index (χ2n) is 2.68. The normalized spacial score (nSPS) is 8.93. The van der Waals surface area contributed by atoms with E-state index >= 15 is 0 Å².